The largest absolute Gasteiger partial charge is 0.383 e. The predicted octanol–water partition coefficient (Wildman–Crippen LogP) is 2.34. The van der Waals surface area contributed by atoms with E-state index in [1.165, 1.54) is 13.0 Å². The maximum atomic E-state index is 11.8. The van der Waals surface area contributed by atoms with E-state index in [4.69, 9.17) is 4.74 Å². The van der Waals surface area contributed by atoms with Crippen molar-refractivity contribution in [1.29, 1.82) is 0 Å². The van der Waals surface area contributed by atoms with Crippen LogP contribution in [0.1, 0.15) is 30.6 Å². The number of benzene rings is 1. The maximum Gasteiger partial charge on any atom is 0.280 e. The van der Waals surface area contributed by atoms with Gasteiger partial charge in [0.15, 0.2) is 5.78 Å². The van der Waals surface area contributed by atoms with Crippen LogP contribution in [0.5, 0.6) is 0 Å². The van der Waals surface area contributed by atoms with Gasteiger partial charge in [0.05, 0.1) is 17.1 Å². The molecule has 0 bridgehead atoms. The van der Waals surface area contributed by atoms with E-state index in [9.17, 15) is 14.9 Å². The van der Waals surface area contributed by atoms with E-state index in [1.54, 1.807) is 19.2 Å². The van der Waals surface area contributed by atoms with Crippen LogP contribution in [-0.4, -0.2) is 61.5 Å². The topological polar surface area (TPSA) is 75.9 Å². The summed E-state index contributed by atoms with van der Waals surface area (Å²) in [7, 11) is 1.71. The Balaban J connectivity index is 2.19. The maximum absolute atomic E-state index is 11.8. The van der Waals surface area contributed by atoms with E-state index in [-0.39, 0.29) is 17.0 Å². The first-order valence-corrected chi connectivity index (χ1v) is 8.25. The molecule has 1 fully saturated rings. The zero-order valence-electron chi connectivity index (χ0n) is 14.5. The summed E-state index contributed by atoms with van der Waals surface area (Å²) in [4.78, 5) is 26.9. The van der Waals surface area contributed by atoms with Gasteiger partial charge in [0.2, 0.25) is 0 Å². The van der Waals surface area contributed by atoms with Crippen molar-refractivity contribution >= 4 is 17.2 Å². The molecule has 0 amide bonds. The number of nitro benzene ring substituents is 1. The van der Waals surface area contributed by atoms with Gasteiger partial charge >= 0.3 is 0 Å². The highest BCUT2D eigenvalue weighted by molar-refractivity contribution is 5.99. The molecule has 1 atom stereocenters. The molecule has 1 aromatic rings. The average molecular weight is 335 g/mol. The molecule has 0 saturated carbocycles. The number of hydrogen-bond donors (Lipinski definition) is 0. The van der Waals surface area contributed by atoms with Gasteiger partial charge in [-0.25, -0.2) is 0 Å². The number of anilines is 1. The number of piperazine rings is 1. The zero-order chi connectivity index (χ0) is 17.7. The van der Waals surface area contributed by atoms with Crippen LogP contribution in [0.25, 0.3) is 0 Å². The molecule has 132 valence electrons. The molecular weight excluding hydrogens is 310 g/mol. The molecule has 7 heteroatoms. The number of ketones is 1. The fraction of sp³-hybridized carbons (Fsp3) is 0.588. The fourth-order valence-electron chi connectivity index (χ4n) is 3.18. The summed E-state index contributed by atoms with van der Waals surface area (Å²) in [6.45, 7) is 7.72. The van der Waals surface area contributed by atoms with Gasteiger partial charge in [-0.3, -0.25) is 19.8 Å². The van der Waals surface area contributed by atoms with Crippen molar-refractivity contribution in [2.45, 2.75) is 26.3 Å². The van der Waals surface area contributed by atoms with Crippen molar-refractivity contribution in [3.05, 3.63) is 33.9 Å². The second-order valence-electron chi connectivity index (χ2n) is 6.05. The number of carbonyl (C=O) groups is 1. The van der Waals surface area contributed by atoms with Gasteiger partial charge < -0.3 is 9.64 Å². The Kier molecular flexibility index (Phi) is 6.28. The minimum absolute atomic E-state index is 0.128. The Morgan fingerprint density at radius 2 is 2.17 bits per heavy atom. The monoisotopic (exact) mass is 335 g/mol. The van der Waals surface area contributed by atoms with E-state index in [0.717, 1.165) is 38.3 Å². The SMILES string of the molecule is CC[C@H]1CN(c2ccc([N+](=O)[O-])c(C(C)=O)c2)CCN1CCOC. The zero-order valence-corrected chi connectivity index (χ0v) is 14.5. The molecule has 0 aromatic heterocycles. The van der Waals surface area contributed by atoms with Gasteiger partial charge in [-0.05, 0) is 25.5 Å². The van der Waals surface area contributed by atoms with Crippen LogP contribution in [0.15, 0.2) is 18.2 Å². The minimum Gasteiger partial charge on any atom is -0.383 e. The van der Waals surface area contributed by atoms with Crippen molar-refractivity contribution in [1.82, 2.24) is 4.90 Å². The lowest BCUT2D eigenvalue weighted by Gasteiger charge is -2.42. The van der Waals surface area contributed by atoms with E-state index in [0.29, 0.717) is 12.6 Å². The summed E-state index contributed by atoms with van der Waals surface area (Å²) in [5, 5.41) is 11.1. The Morgan fingerprint density at radius 1 is 1.42 bits per heavy atom. The molecule has 7 nitrogen and oxygen atoms in total. The van der Waals surface area contributed by atoms with Crippen molar-refractivity contribution in [2.24, 2.45) is 0 Å². The molecular formula is C17H25N3O4. The molecule has 1 aromatic carbocycles. The number of nitrogens with zero attached hydrogens (tertiary/aromatic N) is 3. The molecule has 0 spiro atoms. The second-order valence-corrected chi connectivity index (χ2v) is 6.05. The molecule has 0 aliphatic carbocycles. The van der Waals surface area contributed by atoms with Gasteiger partial charge in [-0.15, -0.1) is 0 Å². The van der Waals surface area contributed by atoms with E-state index in [2.05, 4.69) is 16.7 Å². The Morgan fingerprint density at radius 3 is 2.75 bits per heavy atom. The summed E-state index contributed by atoms with van der Waals surface area (Å²) in [5.74, 6) is -0.283. The first-order chi connectivity index (χ1) is 11.5. The van der Waals surface area contributed by atoms with E-state index < -0.39 is 4.92 Å². The number of nitro groups is 1. The van der Waals surface area contributed by atoms with Crippen molar-refractivity contribution in [3.8, 4) is 0 Å². The lowest BCUT2D eigenvalue weighted by Crippen LogP contribution is -2.53. The highest BCUT2D eigenvalue weighted by atomic mass is 16.6. The molecule has 1 aliphatic heterocycles. The lowest BCUT2D eigenvalue weighted by atomic mass is 10.1. The van der Waals surface area contributed by atoms with Crippen LogP contribution in [0.3, 0.4) is 0 Å². The van der Waals surface area contributed by atoms with Crippen LogP contribution < -0.4 is 4.90 Å². The average Bonchev–Trinajstić information content (AvgIpc) is 2.59. The molecule has 1 heterocycles. The molecule has 0 radical (unpaired) electrons. The Hall–Kier alpha value is -1.99. The summed E-state index contributed by atoms with van der Waals surface area (Å²) in [6.07, 6.45) is 1.02. The number of carbonyl (C=O) groups excluding carboxylic acids is 1. The van der Waals surface area contributed by atoms with Gasteiger partial charge in [0.1, 0.15) is 0 Å². The first-order valence-electron chi connectivity index (χ1n) is 8.25. The molecule has 2 rings (SSSR count). The van der Waals surface area contributed by atoms with Crippen molar-refractivity contribution in [3.63, 3.8) is 0 Å². The first kappa shape index (κ1) is 18.4. The molecule has 0 N–H and O–H groups in total. The normalized spacial score (nSPS) is 18.6. The third-order valence-electron chi connectivity index (χ3n) is 4.58. The second kappa shape index (κ2) is 8.21. The van der Waals surface area contributed by atoms with Crippen LogP contribution in [0.2, 0.25) is 0 Å². The minimum atomic E-state index is -0.502. The van der Waals surface area contributed by atoms with Crippen molar-refractivity contribution < 1.29 is 14.5 Å². The summed E-state index contributed by atoms with van der Waals surface area (Å²) >= 11 is 0. The molecule has 24 heavy (non-hydrogen) atoms. The quantitative estimate of drug-likeness (QED) is 0.432. The number of ether oxygens (including phenoxy) is 1. The summed E-state index contributed by atoms with van der Waals surface area (Å²) < 4.78 is 5.17. The van der Waals surface area contributed by atoms with Crippen LogP contribution in [0.4, 0.5) is 11.4 Å². The van der Waals surface area contributed by atoms with Crippen LogP contribution in [0, 0.1) is 10.1 Å². The van der Waals surface area contributed by atoms with E-state index in [1.807, 2.05) is 0 Å². The number of rotatable bonds is 7. The lowest BCUT2D eigenvalue weighted by molar-refractivity contribution is -0.385. The summed E-state index contributed by atoms with van der Waals surface area (Å²) in [5.41, 5.74) is 0.917. The third kappa shape index (κ3) is 4.10. The highest BCUT2D eigenvalue weighted by Crippen LogP contribution is 2.27. The molecule has 1 aliphatic rings. The van der Waals surface area contributed by atoms with Gasteiger partial charge in [-0.1, -0.05) is 6.92 Å². The third-order valence-corrected chi connectivity index (χ3v) is 4.58. The fourth-order valence-corrected chi connectivity index (χ4v) is 3.18. The number of methoxy groups -OCH3 is 1. The Labute approximate surface area is 142 Å². The summed E-state index contributed by atoms with van der Waals surface area (Å²) in [6, 6.07) is 5.23. The Bertz CT molecular complexity index is 605. The van der Waals surface area contributed by atoms with Crippen LogP contribution in [-0.2, 0) is 4.74 Å². The smallest absolute Gasteiger partial charge is 0.280 e. The molecule has 0 unspecified atom stereocenters. The van der Waals surface area contributed by atoms with Gasteiger partial charge in [0, 0.05) is 51.1 Å². The standard InChI is InChI=1S/C17H25N3O4/c1-4-14-12-19(8-7-18(14)9-10-24-3)15-5-6-17(20(22)23)16(11-15)13(2)21/h5-6,11,14H,4,7-10,12H2,1-3H3/t14-/m0/s1. The van der Waals surface area contributed by atoms with E-state index >= 15 is 0 Å². The van der Waals surface area contributed by atoms with Crippen molar-refractivity contribution in [2.75, 3.05) is 44.8 Å². The van der Waals surface area contributed by atoms with Gasteiger partial charge in [-0.2, -0.15) is 0 Å². The molecule has 1 saturated heterocycles. The van der Waals surface area contributed by atoms with Gasteiger partial charge in [0.25, 0.3) is 5.69 Å². The predicted molar refractivity (Wildman–Crippen MR) is 92.8 cm³/mol. The highest BCUT2D eigenvalue weighted by Gasteiger charge is 2.27. The number of hydrogen-bond acceptors (Lipinski definition) is 6. The number of Topliss-reactive ketones (excluding diaryl/α,β-unsaturated/α-hetero) is 1. The van der Waals surface area contributed by atoms with Crippen LogP contribution >= 0.6 is 0 Å².